The van der Waals surface area contributed by atoms with E-state index in [2.05, 4.69) is 5.32 Å². The number of hydrogen-bond acceptors (Lipinski definition) is 4. The third kappa shape index (κ3) is 4.95. The average Bonchev–Trinajstić information content (AvgIpc) is 2.61. The van der Waals surface area contributed by atoms with Gasteiger partial charge >= 0.3 is 0 Å². The zero-order valence-corrected chi connectivity index (χ0v) is 15.1. The number of benzene rings is 1. The summed E-state index contributed by atoms with van der Waals surface area (Å²) in [5, 5.41) is 2.86. The number of amides is 1. The summed E-state index contributed by atoms with van der Waals surface area (Å²) >= 11 is 0. The Kier molecular flexibility index (Phi) is 6.62. The van der Waals surface area contributed by atoms with E-state index in [1.54, 1.807) is 31.4 Å². The van der Waals surface area contributed by atoms with Crippen LogP contribution in [0.2, 0.25) is 0 Å². The number of sulfonamides is 1. The second-order valence-electron chi connectivity index (χ2n) is 6.08. The number of carbonyl (C=O) groups is 1. The third-order valence-electron chi connectivity index (χ3n) is 4.26. The number of rotatable bonds is 7. The van der Waals surface area contributed by atoms with Crippen molar-refractivity contribution in [2.45, 2.75) is 32.6 Å². The highest BCUT2D eigenvalue weighted by molar-refractivity contribution is 7.89. The summed E-state index contributed by atoms with van der Waals surface area (Å²) in [4.78, 5) is 12.4. The van der Waals surface area contributed by atoms with Crippen molar-refractivity contribution in [1.82, 2.24) is 4.31 Å². The van der Waals surface area contributed by atoms with E-state index in [9.17, 15) is 13.2 Å². The van der Waals surface area contributed by atoms with Gasteiger partial charge in [-0.3, -0.25) is 4.79 Å². The summed E-state index contributed by atoms with van der Waals surface area (Å²) in [6.45, 7) is 2.75. The Balaban J connectivity index is 1.96. The first kappa shape index (κ1) is 18.7. The van der Waals surface area contributed by atoms with E-state index in [0.717, 1.165) is 12.2 Å². The molecule has 0 unspecified atom stereocenters. The molecule has 1 aromatic rings. The van der Waals surface area contributed by atoms with Gasteiger partial charge in [-0.05, 0) is 43.5 Å². The van der Waals surface area contributed by atoms with Gasteiger partial charge in [-0.2, -0.15) is 0 Å². The molecular weight excluding hydrogens is 328 g/mol. The Bertz CT molecular complexity index is 643. The van der Waals surface area contributed by atoms with Crippen LogP contribution in [0.1, 0.15) is 32.6 Å². The monoisotopic (exact) mass is 354 g/mol. The second-order valence-corrected chi connectivity index (χ2v) is 8.17. The molecule has 1 amide bonds. The molecule has 1 saturated heterocycles. The van der Waals surface area contributed by atoms with Crippen LogP contribution in [0.4, 0.5) is 5.69 Å². The summed E-state index contributed by atoms with van der Waals surface area (Å²) in [5.74, 6) is 0.447. The van der Waals surface area contributed by atoms with E-state index >= 15 is 0 Å². The van der Waals surface area contributed by atoms with Crippen molar-refractivity contribution in [2.24, 2.45) is 5.92 Å². The van der Waals surface area contributed by atoms with E-state index in [1.165, 1.54) is 4.31 Å². The summed E-state index contributed by atoms with van der Waals surface area (Å²) < 4.78 is 31.2. The lowest BCUT2D eigenvalue weighted by Crippen LogP contribution is -2.44. The molecule has 1 N–H and O–H groups in total. The van der Waals surface area contributed by atoms with Crippen LogP contribution in [0, 0.1) is 5.92 Å². The molecule has 0 aliphatic carbocycles. The van der Waals surface area contributed by atoms with Crippen molar-refractivity contribution in [1.29, 1.82) is 0 Å². The maximum Gasteiger partial charge on any atom is 0.228 e. The number of piperidine rings is 1. The number of anilines is 1. The summed E-state index contributed by atoms with van der Waals surface area (Å²) in [5.41, 5.74) is 0.687. The van der Waals surface area contributed by atoms with Gasteiger partial charge in [0.05, 0.1) is 18.8 Å². The highest BCUT2D eigenvalue weighted by Crippen LogP contribution is 2.22. The predicted molar refractivity (Wildman–Crippen MR) is 94.6 cm³/mol. The molecule has 1 heterocycles. The van der Waals surface area contributed by atoms with Crippen molar-refractivity contribution >= 4 is 21.6 Å². The molecule has 7 heteroatoms. The number of hydrogen-bond donors (Lipinski definition) is 1. The Hall–Kier alpha value is -1.60. The van der Waals surface area contributed by atoms with Crippen molar-refractivity contribution in [3.05, 3.63) is 24.3 Å². The fourth-order valence-electron chi connectivity index (χ4n) is 2.78. The first-order valence-corrected chi connectivity index (χ1v) is 10.00. The number of methoxy groups -OCH3 is 1. The van der Waals surface area contributed by atoms with Gasteiger partial charge in [0.25, 0.3) is 0 Å². The van der Waals surface area contributed by atoms with E-state index in [0.29, 0.717) is 31.5 Å². The Labute approximate surface area is 144 Å². The summed E-state index contributed by atoms with van der Waals surface area (Å²) in [6.07, 6.45) is 2.92. The number of unbranched alkanes of at least 4 members (excludes halogenated alkanes) is 1. The van der Waals surface area contributed by atoms with E-state index in [-0.39, 0.29) is 24.1 Å². The van der Waals surface area contributed by atoms with E-state index in [1.807, 2.05) is 6.92 Å². The smallest absolute Gasteiger partial charge is 0.228 e. The molecule has 0 spiro atoms. The molecule has 1 atom stereocenters. The van der Waals surface area contributed by atoms with Gasteiger partial charge in [-0.25, -0.2) is 12.7 Å². The van der Waals surface area contributed by atoms with Gasteiger partial charge in [0.1, 0.15) is 5.75 Å². The summed E-state index contributed by atoms with van der Waals surface area (Å²) in [6, 6.07) is 7.10. The van der Waals surface area contributed by atoms with Crippen LogP contribution in [0.25, 0.3) is 0 Å². The molecule has 1 fully saturated rings. The lowest BCUT2D eigenvalue weighted by atomic mass is 9.99. The Morgan fingerprint density at radius 2 is 2.04 bits per heavy atom. The van der Waals surface area contributed by atoms with Gasteiger partial charge in [0.15, 0.2) is 0 Å². The minimum atomic E-state index is -3.26. The first-order valence-electron chi connectivity index (χ1n) is 8.39. The van der Waals surface area contributed by atoms with Gasteiger partial charge < -0.3 is 10.1 Å². The quantitative estimate of drug-likeness (QED) is 0.816. The molecular formula is C17H26N2O4S. The normalized spacial score (nSPS) is 19.0. The second kappa shape index (κ2) is 8.48. The SMILES string of the molecule is CCCCS(=O)(=O)N1CCC[C@H](C(=O)Nc2ccc(OC)cc2)C1. The zero-order valence-electron chi connectivity index (χ0n) is 14.3. The largest absolute Gasteiger partial charge is 0.497 e. The van der Waals surface area contributed by atoms with Gasteiger partial charge in [0.2, 0.25) is 15.9 Å². The molecule has 0 saturated carbocycles. The Morgan fingerprint density at radius 3 is 2.67 bits per heavy atom. The van der Waals surface area contributed by atoms with Crippen LogP contribution in [-0.2, 0) is 14.8 Å². The maximum absolute atomic E-state index is 12.4. The van der Waals surface area contributed by atoms with Gasteiger partial charge in [-0.1, -0.05) is 13.3 Å². The number of nitrogens with zero attached hydrogens (tertiary/aromatic N) is 1. The summed E-state index contributed by atoms with van der Waals surface area (Å²) in [7, 11) is -1.67. The molecule has 1 aromatic carbocycles. The number of ether oxygens (including phenoxy) is 1. The fraction of sp³-hybridized carbons (Fsp3) is 0.588. The van der Waals surface area contributed by atoms with Crippen molar-refractivity contribution in [3.63, 3.8) is 0 Å². The molecule has 134 valence electrons. The minimum Gasteiger partial charge on any atom is -0.497 e. The van der Waals surface area contributed by atoms with Crippen LogP contribution >= 0.6 is 0 Å². The van der Waals surface area contributed by atoms with Gasteiger partial charge in [0, 0.05) is 18.8 Å². The van der Waals surface area contributed by atoms with Crippen molar-refractivity contribution in [2.75, 3.05) is 31.3 Å². The molecule has 0 bridgehead atoms. The average molecular weight is 354 g/mol. The molecule has 2 rings (SSSR count). The number of nitrogens with one attached hydrogen (secondary N) is 1. The molecule has 6 nitrogen and oxygen atoms in total. The predicted octanol–water partition coefficient (Wildman–Crippen LogP) is 2.48. The highest BCUT2D eigenvalue weighted by Gasteiger charge is 2.31. The van der Waals surface area contributed by atoms with Crippen molar-refractivity contribution in [3.8, 4) is 5.75 Å². The highest BCUT2D eigenvalue weighted by atomic mass is 32.2. The van der Waals surface area contributed by atoms with Crippen LogP contribution < -0.4 is 10.1 Å². The molecule has 24 heavy (non-hydrogen) atoms. The van der Waals surface area contributed by atoms with Crippen LogP contribution in [0.15, 0.2) is 24.3 Å². The van der Waals surface area contributed by atoms with Crippen molar-refractivity contribution < 1.29 is 17.9 Å². The molecule has 1 aliphatic heterocycles. The topological polar surface area (TPSA) is 75.7 Å². The minimum absolute atomic E-state index is 0.129. The third-order valence-corrected chi connectivity index (χ3v) is 6.18. The maximum atomic E-state index is 12.4. The van der Waals surface area contributed by atoms with E-state index < -0.39 is 10.0 Å². The molecule has 0 radical (unpaired) electrons. The standard InChI is InChI=1S/C17H26N2O4S/c1-3-4-12-24(21,22)19-11-5-6-14(13-19)17(20)18-15-7-9-16(23-2)10-8-15/h7-10,14H,3-6,11-13H2,1-2H3,(H,18,20)/t14-/m0/s1. The van der Waals surface area contributed by atoms with Gasteiger partial charge in [-0.15, -0.1) is 0 Å². The van der Waals surface area contributed by atoms with Crippen LogP contribution in [-0.4, -0.2) is 44.6 Å². The Morgan fingerprint density at radius 1 is 1.33 bits per heavy atom. The first-order chi connectivity index (χ1) is 11.5. The fourth-order valence-corrected chi connectivity index (χ4v) is 4.51. The van der Waals surface area contributed by atoms with Crippen LogP contribution in [0.5, 0.6) is 5.75 Å². The number of carbonyl (C=O) groups excluding carboxylic acids is 1. The lowest BCUT2D eigenvalue weighted by molar-refractivity contribution is -0.120. The molecule has 1 aliphatic rings. The van der Waals surface area contributed by atoms with Crippen LogP contribution in [0.3, 0.4) is 0 Å². The molecule has 0 aromatic heterocycles. The lowest BCUT2D eigenvalue weighted by Gasteiger charge is -2.31. The zero-order chi connectivity index (χ0) is 17.6. The van der Waals surface area contributed by atoms with E-state index in [4.69, 9.17) is 4.74 Å².